The van der Waals surface area contributed by atoms with Crippen molar-refractivity contribution in [3.05, 3.63) is 66.0 Å². The van der Waals surface area contributed by atoms with Gasteiger partial charge in [-0.25, -0.2) is 4.79 Å². The van der Waals surface area contributed by atoms with Crippen molar-refractivity contribution < 1.29 is 14.3 Å². The van der Waals surface area contributed by atoms with Crippen molar-refractivity contribution in [1.29, 1.82) is 0 Å². The fraction of sp³-hybridized carbons (Fsp3) is 0.238. The van der Waals surface area contributed by atoms with Gasteiger partial charge in [0, 0.05) is 0 Å². The maximum absolute atomic E-state index is 12.6. The van der Waals surface area contributed by atoms with Gasteiger partial charge in [0.05, 0.1) is 30.2 Å². The number of cyclic esters (lactones) is 1. The zero-order valence-corrected chi connectivity index (χ0v) is 17.3. The summed E-state index contributed by atoms with van der Waals surface area (Å²) in [6.45, 7) is 3.34. The lowest BCUT2D eigenvalue weighted by Crippen LogP contribution is -2.25. The number of ether oxygens (including phenoxy) is 1. The van der Waals surface area contributed by atoms with Crippen molar-refractivity contribution in [2.75, 3.05) is 29.1 Å². The molecule has 0 aliphatic carbocycles. The van der Waals surface area contributed by atoms with E-state index in [2.05, 4.69) is 15.5 Å². The van der Waals surface area contributed by atoms with Crippen LogP contribution in [0.4, 0.5) is 16.2 Å². The summed E-state index contributed by atoms with van der Waals surface area (Å²) in [6.07, 6.45) is -0.407. The Labute approximate surface area is 178 Å². The van der Waals surface area contributed by atoms with Crippen LogP contribution in [0.1, 0.15) is 11.4 Å². The molecule has 1 aromatic heterocycles. The Morgan fingerprint density at radius 1 is 1.13 bits per heavy atom. The van der Waals surface area contributed by atoms with E-state index in [0.717, 1.165) is 11.4 Å². The van der Waals surface area contributed by atoms with Crippen LogP contribution in [0.3, 0.4) is 0 Å². The summed E-state index contributed by atoms with van der Waals surface area (Å²) in [4.78, 5) is 26.0. The highest BCUT2D eigenvalue weighted by atomic mass is 32.2. The van der Waals surface area contributed by atoms with Crippen LogP contribution in [0.25, 0.3) is 0 Å². The number of nitrogens with one attached hydrogen (secondary N) is 1. The van der Waals surface area contributed by atoms with Crippen molar-refractivity contribution >= 4 is 35.1 Å². The number of aryl methyl sites for hydroxylation is 1. The SMILES string of the molecule is Cc1nnc(SCC(=O)Nc2ccccc2N2CCOC2=O)n1Cc1ccccc1. The van der Waals surface area contributed by atoms with Gasteiger partial charge in [0.2, 0.25) is 5.91 Å². The quantitative estimate of drug-likeness (QED) is 0.587. The van der Waals surface area contributed by atoms with E-state index in [1.807, 2.05) is 54.0 Å². The molecule has 0 unspecified atom stereocenters. The second-order valence-corrected chi connectivity index (χ2v) is 7.66. The monoisotopic (exact) mass is 423 g/mol. The second-order valence-electron chi connectivity index (χ2n) is 6.72. The number of thioether (sulfide) groups is 1. The summed E-state index contributed by atoms with van der Waals surface area (Å²) < 4.78 is 6.99. The van der Waals surface area contributed by atoms with Gasteiger partial charge in [-0.15, -0.1) is 10.2 Å². The third-order valence-electron chi connectivity index (χ3n) is 4.65. The number of para-hydroxylation sites is 2. The average molecular weight is 423 g/mol. The largest absolute Gasteiger partial charge is 0.447 e. The normalized spacial score (nSPS) is 13.4. The predicted octanol–water partition coefficient (Wildman–Crippen LogP) is 3.32. The Morgan fingerprint density at radius 2 is 1.90 bits per heavy atom. The van der Waals surface area contributed by atoms with Gasteiger partial charge in [0.1, 0.15) is 12.4 Å². The maximum atomic E-state index is 12.6. The zero-order valence-electron chi connectivity index (χ0n) is 16.4. The number of hydrogen-bond acceptors (Lipinski definition) is 6. The number of hydrogen-bond donors (Lipinski definition) is 1. The lowest BCUT2D eigenvalue weighted by Gasteiger charge is -2.17. The van der Waals surface area contributed by atoms with E-state index in [1.54, 1.807) is 12.1 Å². The lowest BCUT2D eigenvalue weighted by atomic mass is 10.2. The van der Waals surface area contributed by atoms with Gasteiger partial charge in [-0.1, -0.05) is 54.2 Å². The molecule has 0 atom stereocenters. The first-order valence-electron chi connectivity index (χ1n) is 9.51. The number of benzene rings is 2. The minimum absolute atomic E-state index is 0.172. The minimum Gasteiger partial charge on any atom is -0.447 e. The summed E-state index contributed by atoms with van der Waals surface area (Å²) in [5.41, 5.74) is 2.34. The van der Waals surface area contributed by atoms with Crippen molar-refractivity contribution in [3.63, 3.8) is 0 Å². The highest BCUT2D eigenvalue weighted by Gasteiger charge is 2.26. The molecule has 3 aromatic rings. The van der Waals surface area contributed by atoms with Crippen LogP contribution >= 0.6 is 11.8 Å². The number of nitrogens with zero attached hydrogens (tertiary/aromatic N) is 4. The first-order chi connectivity index (χ1) is 14.6. The fourth-order valence-corrected chi connectivity index (χ4v) is 3.94. The second kappa shape index (κ2) is 9.00. The van der Waals surface area contributed by atoms with Gasteiger partial charge in [-0.2, -0.15) is 0 Å². The Morgan fingerprint density at radius 3 is 2.67 bits per heavy atom. The van der Waals surface area contributed by atoms with Gasteiger partial charge in [-0.05, 0) is 24.6 Å². The molecule has 154 valence electrons. The molecular formula is C21H21N5O3S. The first-order valence-corrected chi connectivity index (χ1v) is 10.5. The molecule has 0 saturated carbocycles. The Hall–Kier alpha value is -3.33. The van der Waals surface area contributed by atoms with Gasteiger partial charge in [0.15, 0.2) is 5.16 Å². The molecule has 2 heterocycles. The molecule has 1 aliphatic rings. The van der Waals surface area contributed by atoms with Crippen LogP contribution in [-0.2, 0) is 16.1 Å². The molecular weight excluding hydrogens is 402 g/mol. The Kier molecular flexibility index (Phi) is 5.99. The maximum Gasteiger partial charge on any atom is 0.414 e. The highest BCUT2D eigenvalue weighted by molar-refractivity contribution is 7.99. The summed E-state index contributed by atoms with van der Waals surface area (Å²) in [5, 5.41) is 11.9. The molecule has 9 heteroatoms. The third kappa shape index (κ3) is 4.46. The van der Waals surface area contributed by atoms with Crippen molar-refractivity contribution in [1.82, 2.24) is 14.8 Å². The predicted molar refractivity (Wildman–Crippen MR) is 115 cm³/mol. The fourth-order valence-electron chi connectivity index (χ4n) is 3.16. The molecule has 2 aromatic carbocycles. The van der Waals surface area contributed by atoms with E-state index in [4.69, 9.17) is 4.74 Å². The van der Waals surface area contributed by atoms with Crippen LogP contribution in [0.2, 0.25) is 0 Å². The van der Waals surface area contributed by atoms with E-state index < -0.39 is 6.09 Å². The van der Waals surface area contributed by atoms with E-state index in [0.29, 0.717) is 36.2 Å². The number of carbonyl (C=O) groups excluding carboxylic acids is 2. The summed E-state index contributed by atoms with van der Waals surface area (Å²) in [5.74, 6) is 0.776. The van der Waals surface area contributed by atoms with E-state index in [9.17, 15) is 9.59 Å². The first kappa shape index (κ1) is 20.0. The zero-order chi connectivity index (χ0) is 20.9. The van der Waals surface area contributed by atoms with E-state index in [-0.39, 0.29) is 11.7 Å². The Bertz CT molecular complexity index is 1050. The lowest BCUT2D eigenvalue weighted by molar-refractivity contribution is -0.113. The molecule has 2 amide bonds. The molecule has 1 N–H and O–H groups in total. The molecule has 1 fully saturated rings. The minimum atomic E-state index is -0.407. The summed E-state index contributed by atoms with van der Waals surface area (Å²) >= 11 is 1.33. The van der Waals surface area contributed by atoms with Crippen LogP contribution in [0, 0.1) is 6.92 Å². The van der Waals surface area contributed by atoms with Crippen LogP contribution in [-0.4, -0.2) is 45.7 Å². The smallest absolute Gasteiger partial charge is 0.414 e. The van der Waals surface area contributed by atoms with E-state index in [1.165, 1.54) is 16.7 Å². The number of amides is 2. The third-order valence-corrected chi connectivity index (χ3v) is 5.61. The molecule has 30 heavy (non-hydrogen) atoms. The van der Waals surface area contributed by atoms with Crippen LogP contribution < -0.4 is 10.2 Å². The van der Waals surface area contributed by atoms with Crippen molar-refractivity contribution in [3.8, 4) is 0 Å². The van der Waals surface area contributed by atoms with Crippen molar-refractivity contribution in [2.45, 2.75) is 18.6 Å². The molecule has 0 radical (unpaired) electrons. The summed E-state index contributed by atoms with van der Waals surface area (Å²) in [6, 6.07) is 17.2. The highest BCUT2D eigenvalue weighted by Crippen LogP contribution is 2.28. The molecule has 8 nitrogen and oxygen atoms in total. The number of carbonyl (C=O) groups is 2. The van der Waals surface area contributed by atoms with Gasteiger partial charge in [0.25, 0.3) is 0 Å². The summed E-state index contributed by atoms with van der Waals surface area (Å²) in [7, 11) is 0. The molecule has 4 rings (SSSR count). The van der Waals surface area contributed by atoms with E-state index >= 15 is 0 Å². The molecule has 1 aliphatic heterocycles. The molecule has 0 bridgehead atoms. The number of rotatable bonds is 7. The Balaban J connectivity index is 1.41. The van der Waals surface area contributed by atoms with Gasteiger partial charge < -0.3 is 14.6 Å². The number of anilines is 2. The molecule has 0 spiro atoms. The standard InChI is InChI=1S/C21H21N5O3S/c1-15-23-24-20(26(15)13-16-7-3-2-4-8-16)30-14-19(27)22-17-9-5-6-10-18(17)25-11-12-29-21(25)28/h2-10H,11-14H2,1H3,(H,22,27). The van der Waals surface area contributed by atoms with Gasteiger partial charge in [-0.3, -0.25) is 9.69 Å². The topological polar surface area (TPSA) is 89.4 Å². The van der Waals surface area contributed by atoms with Gasteiger partial charge >= 0.3 is 6.09 Å². The van der Waals surface area contributed by atoms with Crippen LogP contribution in [0.15, 0.2) is 59.8 Å². The molecule has 1 saturated heterocycles. The average Bonchev–Trinajstić information content (AvgIpc) is 3.33. The van der Waals surface area contributed by atoms with Crippen LogP contribution in [0.5, 0.6) is 0 Å². The van der Waals surface area contributed by atoms with Crippen molar-refractivity contribution in [2.24, 2.45) is 0 Å². The number of aromatic nitrogens is 3.